The van der Waals surface area contributed by atoms with E-state index in [9.17, 15) is 19.7 Å². The maximum atomic E-state index is 13.1. The van der Waals surface area contributed by atoms with Gasteiger partial charge in [0.2, 0.25) is 0 Å². The molecule has 0 saturated heterocycles. The van der Waals surface area contributed by atoms with Gasteiger partial charge in [-0.15, -0.1) is 0 Å². The maximum absolute atomic E-state index is 13.1. The Balaban J connectivity index is 2.40. The van der Waals surface area contributed by atoms with E-state index in [1.54, 1.807) is 19.9 Å². The molecule has 0 saturated carbocycles. The Kier molecular flexibility index (Phi) is 10.1. The van der Waals surface area contributed by atoms with E-state index >= 15 is 0 Å². The summed E-state index contributed by atoms with van der Waals surface area (Å²) in [5.74, 6) is -2.04. The van der Waals surface area contributed by atoms with E-state index in [0.29, 0.717) is 36.2 Å². The SMILES string of the molecule is CCCOC(=O)C1=C(C)NC(C)=C(C(=O)OCCCCCCO)C1c1cccc([N+](=O)[O-])c1. The number of benzene rings is 1. The van der Waals surface area contributed by atoms with Gasteiger partial charge in [0.15, 0.2) is 0 Å². The van der Waals surface area contributed by atoms with Crippen LogP contribution >= 0.6 is 0 Å². The predicted molar refractivity (Wildman–Crippen MR) is 122 cm³/mol. The Morgan fingerprint density at radius 3 is 2.21 bits per heavy atom. The van der Waals surface area contributed by atoms with Gasteiger partial charge in [0.1, 0.15) is 0 Å². The maximum Gasteiger partial charge on any atom is 0.336 e. The number of rotatable bonds is 12. The van der Waals surface area contributed by atoms with E-state index in [1.165, 1.54) is 18.2 Å². The molecule has 1 unspecified atom stereocenters. The molecule has 0 spiro atoms. The van der Waals surface area contributed by atoms with E-state index in [0.717, 1.165) is 12.8 Å². The number of aliphatic hydroxyl groups is 1. The van der Waals surface area contributed by atoms with Crippen LogP contribution in [0.15, 0.2) is 46.8 Å². The van der Waals surface area contributed by atoms with Crippen LogP contribution in [0.3, 0.4) is 0 Å². The zero-order valence-electron chi connectivity index (χ0n) is 19.4. The van der Waals surface area contributed by atoms with E-state index in [2.05, 4.69) is 5.32 Å². The van der Waals surface area contributed by atoms with Crippen LogP contribution in [0, 0.1) is 10.1 Å². The molecule has 1 aromatic rings. The van der Waals surface area contributed by atoms with Crippen LogP contribution in [0.1, 0.15) is 64.4 Å². The number of hydrogen-bond donors (Lipinski definition) is 2. The van der Waals surface area contributed by atoms with Gasteiger partial charge in [-0.25, -0.2) is 9.59 Å². The number of allylic oxidation sites excluding steroid dienone is 2. The van der Waals surface area contributed by atoms with Gasteiger partial charge in [0.25, 0.3) is 5.69 Å². The van der Waals surface area contributed by atoms with Gasteiger partial charge in [-0.05, 0) is 45.1 Å². The number of aliphatic hydroxyl groups excluding tert-OH is 1. The van der Waals surface area contributed by atoms with Crippen LogP contribution < -0.4 is 5.32 Å². The Morgan fingerprint density at radius 1 is 1.03 bits per heavy atom. The standard InChI is InChI=1S/C24H32N2O7/c1-4-13-32-23(28)20-16(2)25-17(3)21(24(29)33-14-8-6-5-7-12-27)22(20)18-10-9-11-19(15-18)26(30)31/h9-11,15,22,25,27H,4-8,12-14H2,1-3H3. The summed E-state index contributed by atoms with van der Waals surface area (Å²) >= 11 is 0. The third-order valence-corrected chi connectivity index (χ3v) is 5.34. The van der Waals surface area contributed by atoms with Crippen molar-refractivity contribution in [1.82, 2.24) is 5.32 Å². The predicted octanol–water partition coefficient (Wildman–Crippen LogP) is 3.88. The van der Waals surface area contributed by atoms with Crippen molar-refractivity contribution < 1.29 is 29.1 Å². The lowest BCUT2D eigenvalue weighted by Crippen LogP contribution is -2.32. The number of hydrogen-bond acceptors (Lipinski definition) is 8. The molecule has 1 aliphatic rings. The minimum atomic E-state index is -0.864. The number of unbranched alkanes of at least 4 members (excludes halogenated alkanes) is 3. The lowest BCUT2D eigenvalue weighted by molar-refractivity contribution is -0.384. The molecule has 0 fully saturated rings. The molecule has 33 heavy (non-hydrogen) atoms. The minimum absolute atomic E-state index is 0.130. The average Bonchev–Trinajstić information content (AvgIpc) is 2.79. The summed E-state index contributed by atoms with van der Waals surface area (Å²) in [4.78, 5) is 36.9. The number of ether oxygens (including phenoxy) is 2. The van der Waals surface area contributed by atoms with Crippen molar-refractivity contribution >= 4 is 17.6 Å². The van der Waals surface area contributed by atoms with E-state index in [1.807, 2.05) is 6.92 Å². The highest BCUT2D eigenvalue weighted by Gasteiger charge is 2.38. The molecule has 0 bridgehead atoms. The van der Waals surface area contributed by atoms with Gasteiger partial charge in [0, 0.05) is 30.1 Å². The average molecular weight is 461 g/mol. The number of nitrogens with one attached hydrogen (secondary N) is 1. The van der Waals surface area contributed by atoms with Crippen molar-refractivity contribution in [3.05, 3.63) is 62.5 Å². The van der Waals surface area contributed by atoms with Gasteiger partial charge in [-0.3, -0.25) is 10.1 Å². The first kappa shape index (κ1) is 26.1. The molecule has 0 aromatic heterocycles. The smallest absolute Gasteiger partial charge is 0.336 e. The number of nitro benzene ring substituents is 1. The molecular formula is C24H32N2O7. The number of carbonyl (C=O) groups is 2. The third kappa shape index (κ3) is 6.89. The molecule has 1 heterocycles. The fourth-order valence-corrected chi connectivity index (χ4v) is 3.77. The summed E-state index contributed by atoms with van der Waals surface area (Å²) < 4.78 is 10.9. The molecule has 9 heteroatoms. The highest BCUT2D eigenvalue weighted by molar-refractivity contribution is 5.99. The largest absolute Gasteiger partial charge is 0.462 e. The highest BCUT2D eigenvalue weighted by atomic mass is 16.6. The molecule has 1 aliphatic heterocycles. The van der Waals surface area contributed by atoms with Gasteiger partial charge < -0.3 is 19.9 Å². The van der Waals surface area contributed by atoms with Crippen molar-refractivity contribution in [1.29, 1.82) is 0 Å². The molecule has 2 N–H and O–H groups in total. The van der Waals surface area contributed by atoms with Crippen LogP contribution in [0.4, 0.5) is 5.69 Å². The highest BCUT2D eigenvalue weighted by Crippen LogP contribution is 2.40. The second-order valence-electron chi connectivity index (χ2n) is 7.90. The summed E-state index contributed by atoms with van der Waals surface area (Å²) in [6.07, 6.45) is 3.62. The molecule has 0 amide bonds. The monoisotopic (exact) mass is 460 g/mol. The fourth-order valence-electron chi connectivity index (χ4n) is 3.77. The topological polar surface area (TPSA) is 128 Å². The summed E-state index contributed by atoms with van der Waals surface area (Å²) in [7, 11) is 0. The molecule has 0 aliphatic carbocycles. The van der Waals surface area contributed by atoms with Gasteiger partial charge in [-0.2, -0.15) is 0 Å². The van der Waals surface area contributed by atoms with Crippen molar-refractivity contribution in [2.24, 2.45) is 0 Å². The Bertz CT molecular complexity index is 936. The Hall–Kier alpha value is -3.20. The summed E-state index contributed by atoms with van der Waals surface area (Å²) in [6.45, 7) is 5.83. The van der Waals surface area contributed by atoms with Crippen molar-refractivity contribution in [3.63, 3.8) is 0 Å². The summed E-state index contributed by atoms with van der Waals surface area (Å²) in [5.41, 5.74) is 1.78. The van der Waals surface area contributed by atoms with Gasteiger partial charge >= 0.3 is 11.9 Å². The second kappa shape index (κ2) is 12.7. The minimum Gasteiger partial charge on any atom is -0.462 e. The number of dihydropyridines is 1. The number of nitrogens with zero attached hydrogens (tertiary/aromatic N) is 1. The van der Waals surface area contributed by atoms with Crippen LogP contribution in [-0.4, -0.2) is 41.8 Å². The lowest BCUT2D eigenvalue weighted by atomic mass is 9.80. The Labute approximate surface area is 193 Å². The number of non-ortho nitro benzene ring substituents is 1. The van der Waals surface area contributed by atoms with Crippen molar-refractivity contribution in [2.45, 2.75) is 58.8 Å². The van der Waals surface area contributed by atoms with Gasteiger partial charge in [0.05, 0.1) is 35.2 Å². The van der Waals surface area contributed by atoms with Crippen LogP contribution in [0.25, 0.3) is 0 Å². The van der Waals surface area contributed by atoms with Gasteiger partial charge in [-0.1, -0.05) is 25.5 Å². The molecule has 1 atom stereocenters. The van der Waals surface area contributed by atoms with E-state index < -0.39 is 22.8 Å². The van der Waals surface area contributed by atoms with Crippen molar-refractivity contribution in [2.75, 3.05) is 19.8 Å². The zero-order valence-corrected chi connectivity index (χ0v) is 19.4. The van der Waals surface area contributed by atoms with Crippen LogP contribution in [0.5, 0.6) is 0 Å². The summed E-state index contributed by atoms with van der Waals surface area (Å²) in [5, 5.41) is 23.3. The van der Waals surface area contributed by atoms with E-state index in [-0.39, 0.29) is 36.7 Å². The van der Waals surface area contributed by atoms with Crippen LogP contribution in [-0.2, 0) is 19.1 Å². The lowest BCUT2D eigenvalue weighted by Gasteiger charge is -2.30. The normalized spacial score (nSPS) is 15.8. The molecular weight excluding hydrogens is 428 g/mol. The van der Waals surface area contributed by atoms with E-state index in [4.69, 9.17) is 14.6 Å². The van der Waals surface area contributed by atoms with Crippen molar-refractivity contribution in [3.8, 4) is 0 Å². The number of carbonyl (C=O) groups excluding carboxylic acids is 2. The first-order valence-corrected chi connectivity index (χ1v) is 11.2. The number of nitro groups is 1. The summed E-state index contributed by atoms with van der Waals surface area (Å²) in [6, 6.07) is 5.90. The first-order valence-electron chi connectivity index (χ1n) is 11.2. The number of esters is 2. The molecule has 180 valence electrons. The quantitative estimate of drug-likeness (QED) is 0.208. The zero-order chi connectivity index (χ0) is 24.4. The molecule has 9 nitrogen and oxygen atoms in total. The third-order valence-electron chi connectivity index (χ3n) is 5.34. The second-order valence-corrected chi connectivity index (χ2v) is 7.90. The first-order chi connectivity index (χ1) is 15.8. The molecule has 0 radical (unpaired) electrons. The molecule has 2 rings (SSSR count). The Morgan fingerprint density at radius 2 is 1.64 bits per heavy atom. The fraction of sp³-hybridized carbons (Fsp3) is 0.500. The molecule has 1 aromatic carbocycles. The van der Waals surface area contributed by atoms with Crippen LogP contribution in [0.2, 0.25) is 0 Å².